The second-order valence-corrected chi connectivity index (χ2v) is 4.64. The molecule has 2 unspecified atom stereocenters. The second kappa shape index (κ2) is 3.14. The van der Waals surface area contributed by atoms with E-state index in [1.807, 2.05) is 0 Å². The van der Waals surface area contributed by atoms with E-state index in [1.54, 1.807) is 0 Å². The van der Waals surface area contributed by atoms with Crippen LogP contribution < -0.4 is 0 Å². The smallest absolute Gasteiger partial charge is 0.0815 e. The molecular formula is C10H22N+. The molecule has 0 radical (unpaired) electrons. The summed E-state index contributed by atoms with van der Waals surface area (Å²) in [6.45, 7) is 7.46. The van der Waals surface area contributed by atoms with Crippen molar-refractivity contribution >= 4 is 0 Å². The zero-order valence-corrected chi connectivity index (χ0v) is 8.43. The van der Waals surface area contributed by atoms with Crippen molar-refractivity contribution < 1.29 is 4.48 Å². The van der Waals surface area contributed by atoms with E-state index in [-0.39, 0.29) is 0 Å². The van der Waals surface area contributed by atoms with Gasteiger partial charge in [0.05, 0.1) is 27.2 Å². The van der Waals surface area contributed by atoms with Gasteiger partial charge in [-0.2, -0.15) is 0 Å². The summed E-state index contributed by atoms with van der Waals surface area (Å²) in [5.41, 5.74) is 0. The summed E-state index contributed by atoms with van der Waals surface area (Å²) in [6, 6.07) is 0. The van der Waals surface area contributed by atoms with Crippen molar-refractivity contribution in [2.24, 2.45) is 11.8 Å². The van der Waals surface area contributed by atoms with Crippen LogP contribution in [0.25, 0.3) is 0 Å². The largest absolute Gasteiger partial charge is 0.328 e. The van der Waals surface area contributed by atoms with Crippen molar-refractivity contribution in [3.8, 4) is 0 Å². The molecule has 1 nitrogen and oxygen atoms in total. The second-order valence-electron chi connectivity index (χ2n) is 4.64. The van der Waals surface area contributed by atoms with Gasteiger partial charge < -0.3 is 4.48 Å². The summed E-state index contributed by atoms with van der Waals surface area (Å²) in [6.07, 6.45) is 2.75. The SMILES string of the molecule is CCC1C[N+](C)(C)CC1CC. The molecule has 0 aromatic heterocycles. The predicted octanol–water partition coefficient (Wildman–Crippen LogP) is 2.13. The third-order valence-electron chi connectivity index (χ3n) is 3.17. The van der Waals surface area contributed by atoms with Gasteiger partial charge in [0.2, 0.25) is 0 Å². The summed E-state index contributed by atoms with van der Waals surface area (Å²) in [5, 5.41) is 0. The summed E-state index contributed by atoms with van der Waals surface area (Å²) < 4.78 is 1.25. The molecule has 0 aromatic carbocycles. The van der Waals surface area contributed by atoms with Crippen LogP contribution in [-0.4, -0.2) is 31.7 Å². The minimum absolute atomic E-state index is 0.995. The van der Waals surface area contributed by atoms with Crippen LogP contribution >= 0.6 is 0 Å². The molecule has 1 fully saturated rings. The van der Waals surface area contributed by atoms with Gasteiger partial charge in [-0.15, -0.1) is 0 Å². The molecular weight excluding hydrogens is 134 g/mol. The van der Waals surface area contributed by atoms with Crippen LogP contribution in [-0.2, 0) is 0 Å². The highest BCUT2D eigenvalue weighted by Gasteiger charge is 2.37. The van der Waals surface area contributed by atoms with Crippen molar-refractivity contribution in [2.45, 2.75) is 26.7 Å². The molecule has 0 aromatic rings. The van der Waals surface area contributed by atoms with E-state index in [9.17, 15) is 0 Å². The molecule has 1 heterocycles. The fourth-order valence-electron chi connectivity index (χ4n) is 2.57. The van der Waals surface area contributed by atoms with Crippen LogP contribution in [0.5, 0.6) is 0 Å². The van der Waals surface area contributed by atoms with E-state index >= 15 is 0 Å². The van der Waals surface area contributed by atoms with Gasteiger partial charge in [0.25, 0.3) is 0 Å². The van der Waals surface area contributed by atoms with Crippen LogP contribution in [0.2, 0.25) is 0 Å². The van der Waals surface area contributed by atoms with Crippen LogP contribution in [0.1, 0.15) is 26.7 Å². The average molecular weight is 156 g/mol. The van der Waals surface area contributed by atoms with Gasteiger partial charge in [0, 0.05) is 11.8 Å². The summed E-state index contributed by atoms with van der Waals surface area (Å²) in [5.74, 6) is 1.99. The first-order valence-corrected chi connectivity index (χ1v) is 4.91. The molecule has 1 saturated heterocycles. The van der Waals surface area contributed by atoms with Crippen molar-refractivity contribution in [2.75, 3.05) is 27.2 Å². The lowest BCUT2D eigenvalue weighted by atomic mass is 9.92. The van der Waals surface area contributed by atoms with Crippen molar-refractivity contribution in [3.05, 3.63) is 0 Å². The standard InChI is InChI=1S/C10H22N/c1-5-9-7-11(3,4)8-10(9)6-2/h9-10H,5-8H2,1-4H3/q+1. The Morgan fingerprint density at radius 2 is 1.36 bits per heavy atom. The number of hydrogen-bond donors (Lipinski definition) is 0. The Morgan fingerprint density at radius 1 is 1.00 bits per heavy atom. The van der Waals surface area contributed by atoms with E-state index in [1.165, 1.54) is 30.4 Å². The molecule has 1 aliphatic rings. The maximum Gasteiger partial charge on any atom is 0.0815 e. The molecule has 0 saturated carbocycles. The number of rotatable bonds is 2. The molecule has 66 valence electrons. The van der Waals surface area contributed by atoms with E-state index in [0.29, 0.717) is 0 Å². The fourth-order valence-corrected chi connectivity index (χ4v) is 2.57. The molecule has 0 amide bonds. The molecule has 0 aliphatic carbocycles. The summed E-state index contributed by atoms with van der Waals surface area (Å²) >= 11 is 0. The lowest BCUT2D eigenvalue weighted by molar-refractivity contribution is -0.880. The molecule has 1 rings (SSSR count). The maximum atomic E-state index is 2.36. The van der Waals surface area contributed by atoms with Crippen LogP contribution in [0, 0.1) is 11.8 Å². The molecule has 0 spiro atoms. The monoisotopic (exact) mass is 156 g/mol. The Labute approximate surface area is 71.0 Å². The first-order valence-electron chi connectivity index (χ1n) is 4.91. The molecule has 11 heavy (non-hydrogen) atoms. The Balaban J connectivity index is 2.55. The minimum Gasteiger partial charge on any atom is -0.328 e. The lowest BCUT2D eigenvalue weighted by Crippen LogP contribution is -2.36. The molecule has 2 atom stereocenters. The van der Waals surface area contributed by atoms with Crippen molar-refractivity contribution in [1.29, 1.82) is 0 Å². The number of nitrogens with zero attached hydrogens (tertiary/aromatic N) is 1. The van der Waals surface area contributed by atoms with Gasteiger partial charge >= 0.3 is 0 Å². The third kappa shape index (κ3) is 1.96. The zero-order valence-electron chi connectivity index (χ0n) is 8.43. The Kier molecular flexibility index (Phi) is 2.58. The first kappa shape index (κ1) is 9.05. The quantitative estimate of drug-likeness (QED) is 0.537. The highest BCUT2D eigenvalue weighted by Crippen LogP contribution is 2.30. The van der Waals surface area contributed by atoms with Gasteiger partial charge in [-0.25, -0.2) is 0 Å². The highest BCUT2D eigenvalue weighted by molar-refractivity contribution is 4.73. The molecule has 0 bridgehead atoms. The fraction of sp³-hybridized carbons (Fsp3) is 1.00. The van der Waals surface area contributed by atoms with Gasteiger partial charge in [0.1, 0.15) is 0 Å². The Hall–Kier alpha value is -0.0400. The number of hydrogen-bond acceptors (Lipinski definition) is 0. The average Bonchev–Trinajstić information content (AvgIpc) is 2.25. The van der Waals surface area contributed by atoms with Crippen LogP contribution in [0.15, 0.2) is 0 Å². The van der Waals surface area contributed by atoms with E-state index in [0.717, 1.165) is 11.8 Å². The summed E-state index contributed by atoms with van der Waals surface area (Å²) in [7, 11) is 4.72. The molecule has 1 aliphatic heterocycles. The maximum absolute atomic E-state index is 2.36. The van der Waals surface area contributed by atoms with Gasteiger partial charge in [0.15, 0.2) is 0 Å². The predicted molar refractivity (Wildman–Crippen MR) is 49.4 cm³/mol. The Bertz CT molecular complexity index is 115. The molecule has 0 N–H and O–H groups in total. The highest BCUT2D eigenvalue weighted by atomic mass is 15.3. The van der Waals surface area contributed by atoms with Crippen LogP contribution in [0.3, 0.4) is 0 Å². The van der Waals surface area contributed by atoms with Gasteiger partial charge in [-0.3, -0.25) is 0 Å². The minimum atomic E-state index is 0.995. The van der Waals surface area contributed by atoms with E-state index in [2.05, 4.69) is 27.9 Å². The van der Waals surface area contributed by atoms with Gasteiger partial charge in [-0.1, -0.05) is 13.8 Å². The van der Waals surface area contributed by atoms with E-state index < -0.39 is 0 Å². The number of quaternary nitrogens is 1. The lowest BCUT2D eigenvalue weighted by Gasteiger charge is -2.23. The van der Waals surface area contributed by atoms with Gasteiger partial charge in [-0.05, 0) is 12.8 Å². The number of likely N-dealkylation sites (tertiary alicyclic amines) is 1. The zero-order chi connectivity index (χ0) is 8.48. The molecule has 1 heteroatoms. The van der Waals surface area contributed by atoms with Crippen molar-refractivity contribution in [1.82, 2.24) is 0 Å². The van der Waals surface area contributed by atoms with E-state index in [4.69, 9.17) is 0 Å². The Morgan fingerprint density at radius 3 is 1.64 bits per heavy atom. The van der Waals surface area contributed by atoms with Crippen LogP contribution in [0.4, 0.5) is 0 Å². The normalized spacial score (nSPS) is 36.0. The third-order valence-corrected chi connectivity index (χ3v) is 3.17. The first-order chi connectivity index (χ1) is 5.09. The topological polar surface area (TPSA) is 0 Å². The summed E-state index contributed by atoms with van der Waals surface area (Å²) in [4.78, 5) is 0. The van der Waals surface area contributed by atoms with Crippen molar-refractivity contribution in [3.63, 3.8) is 0 Å².